The zero-order valence-corrected chi connectivity index (χ0v) is 9.22. The van der Waals surface area contributed by atoms with E-state index in [1.54, 1.807) is 6.07 Å². The molecule has 1 aliphatic heterocycles. The first-order valence-electron chi connectivity index (χ1n) is 5.38. The molecule has 6 heteroatoms. The highest BCUT2D eigenvalue weighted by Crippen LogP contribution is 2.14. The average molecular weight is 235 g/mol. The standard InChI is InChI=1S/C11H13N3O3/c15-10-3-5-14(6-4-12-10)8-1-2-9(11(16)17)13-7-8/h1-2,7H,3-6H2,(H,12,15)(H,16,17). The largest absolute Gasteiger partial charge is 0.477 e. The van der Waals surface area contributed by atoms with Crippen molar-refractivity contribution in [3.63, 3.8) is 0 Å². The van der Waals surface area contributed by atoms with Gasteiger partial charge in [-0.1, -0.05) is 0 Å². The highest BCUT2D eigenvalue weighted by molar-refractivity contribution is 5.85. The van der Waals surface area contributed by atoms with E-state index < -0.39 is 5.97 Å². The summed E-state index contributed by atoms with van der Waals surface area (Å²) in [7, 11) is 0. The van der Waals surface area contributed by atoms with Gasteiger partial charge < -0.3 is 15.3 Å². The summed E-state index contributed by atoms with van der Waals surface area (Å²) < 4.78 is 0. The lowest BCUT2D eigenvalue weighted by Crippen LogP contribution is -2.28. The van der Waals surface area contributed by atoms with E-state index in [1.165, 1.54) is 12.3 Å². The van der Waals surface area contributed by atoms with E-state index in [0.717, 1.165) is 5.69 Å². The van der Waals surface area contributed by atoms with Crippen molar-refractivity contribution in [1.29, 1.82) is 0 Å². The SMILES string of the molecule is O=C1CCN(c2ccc(C(=O)O)nc2)CCN1. The molecule has 6 nitrogen and oxygen atoms in total. The maximum absolute atomic E-state index is 11.2. The summed E-state index contributed by atoms with van der Waals surface area (Å²) in [5.74, 6) is -0.994. The predicted octanol–water partition coefficient (Wildman–Crippen LogP) is 0.106. The van der Waals surface area contributed by atoms with Gasteiger partial charge in [0, 0.05) is 26.1 Å². The summed E-state index contributed by atoms with van der Waals surface area (Å²) in [6, 6.07) is 3.18. The van der Waals surface area contributed by atoms with Crippen LogP contribution in [0.15, 0.2) is 18.3 Å². The number of hydrogen-bond donors (Lipinski definition) is 2. The minimum absolute atomic E-state index is 0.0257. The molecular formula is C11H13N3O3. The lowest BCUT2D eigenvalue weighted by atomic mass is 10.3. The van der Waals surface area contributed by atoms with Gasteiger partial charge in [0.1, 0.15) is 5.69 Å². The number of nitrogens with one attached hydrogen (secondary N) is 1. The fraction of sp³-hybridized carbons (Fsp3) is 0.364. The summed E-state index contributed by atoms with van der Waals surface area (Å²) in [6.45, 7) is 1.93. The Bertz CT molecular complexity index is 430. The Kier molecular flexibility index (Phi) is 3.22. The van der Waals surface area contributed by atoms with Crippen molar-refractivity contribution in [2.45, 2.75) is 6.42 Å². The molecule has 0 aliphatic carbocycles. The number of amides is 1. The first-order valence-corrected chi connectivity index (χ1v) is 5.38. The number of carbonyl (C=O) groups excluding carboxylic acids is 1. The Hall–Kier alpha value is -2.11. The zero-order valence-electron chi connectivity index (χ0n) is 9.22. The van der Waals surface area contributed by atoms with Crippen LogP contribution >= 0.6 is 0 Å². The molecule has 2 heterocycles. The van der Waals surface area contributed by atoms with E-state index in [2.05, 4.69) is 10.3 Å². The number of carboxylic acid groups (broad SMARTS) is 1. The molecule has 90 valence electrons. The monoisotopic (exact) mass is 235 g/mol. The fourth-order valence-corrected chi connectivity index (χ4v) is 1.72. The molecule has 0 saturated carbocycles. The van der Waals surface area contributed by atoms with Crippen LogP contribution in [0.2, 0.25) is 0 Å². The van der Waals surface area contributed by atoms with Crippen LogP contribution in [0.1, 0.15) is 16.9 Å². The quantitative estimate of drug-likeness (QED) is 0.760. The van der Waals surface area contributed by atoms with E-state index in [4.69, 9.17) is 5.11 Å². The Morgan fingerprint density at radius 1 is 1.41 bits per heavy atom. The third-order valence-electron chi connectivity index (χ3n) is 2.64. The van der Waals surface area contributed by atoms with Crippen LogP contribution in [-0.4, -0.2) is 41.6 Å². The van der Waals surface area contributed by atoms with E-state index in [9.17, 15) is 9.59 Å². The number of hydrogen-bond acceptors (Lipinski definition) is 4. The van der Waals surface area contributed by atoms with E-state index in [0.29, 0.717) is 26.1 Å². The second-order valence-electron chi connectivity index (χ2n) is 3.79. The number of aromatic carboxylic acids is 1. The summed E-state index contributed by atoms with van der Waals surface area (Å²) in [4.78, 5) is 27.7. The number of aromatic nitrogens is 1. The number of rotatable bonds is 2. The van der Waals surface area contributed by atoms with Gasteiger partial charge in [-0.05, 0) is 12.1 Å². The lowest BCUT2D eigenvalue weighted by Gasteiger charge is -2.21. The van der Waals surface area contributed by atoms with Gasteiger partial charge in [0.05, 0.1) is 11.9 Å². The van der Waals surface area contributed by atoms with Crippen molar-refractivity contribution in [2.75, 3.05) is 24.5 Å². The molecule has 1 aliphatic rings. The molecule has 1 saturated heterocycles. The molecule has 0 spiro atoms. The maximum atomic E-state index is 11.2. The molecule has 0 unspecified atom stereocenters. The van der Waals surface area contributed by atoms with Crippen LogP contribution in [0.5, 0.6) is 0 Å². The normalized spacial score (nSPS) is 16.2. The number of pyridine rings is 1. The smallest absolute Gasteiger partial charge is 0.354 e. The Morgan fingerprint density at radius 2 is 2.24 bits per heavy atom. The van der Waals surface area contributed by atoms with Gasteiger partial charge in [0.2, 0.25) is 5.91 Å². The number of anilines is 1. The van der Waals surface area contributed by atoms with Gasteiger partial charge in [-0.15, -0.1) is 0 Å². The van der Waals surface area contributed by atoms with Crippen LogP contribution in [-0.2, 0) is 4.79 Å². The van der Waals surface area contributed by atoms with Gasteiger partial charge in [0.15, 0.2) is 0 Å². The summed E-state index contributed by atoms with van der Waals surface area (Å²) in [5.41, 5.74) is 0.865. The second-order valence-corrected chi connectivity index (χ2v) is 3.79. The van der Waals surface area contributed by atoms with Crippen molar-refractivity contribution in [2.24, 2.45) is 0 Å². The zero-order chi connectivity index (χ0) is 12.3. The molecule has 1 aromatic rings. The van der Waals surface area contributed by atoms with Crippen LogP contribution in [0.25, 0.3) is 0 Å². The third-order valence-corrected chi connectivity index (χ3v) is 2.64. The third kappa shape index (κ3) is 2.72. The Morgan fingerprint density at radius 3 is 2.88 bits per heavy atom. The van der Waals surface area contributed by atoms with Crippen LogP contribution in [0.3, 0.4) is 0 Å². The predicted molar refractivity (Wildman–Crippen MR) is 61.0 cm³/mol. The van der Waals surface area contributed by atoms with Crippen LogP contribution < -0.4 is 10.2 Å². The number of carboxylic acids is 1. The average Bonchev–Trinajstić information content (AvgIpc) is 2.54. The molecule has 0 bridgehead atoms. The maximum Gasteiger partial charge on any atom is 0.354 e. The first-order chi connectivity index (χ1) is 8.16. The Balaban J connectivity index is 2.11. The van der Waals surface area contributed by atoms with Crippen molar-refractivity contribution >= 4 is 17.6 Å². The topological polar surface area (TPSA) is 82.5 Å². The fourth-order valence-electron chi connectivity index (χ4n) is 1.72. The van der Waals surface area contributed by atoms with Gasteiger partial charge in [-0.25, -0.2) is 9.78 Å². The lowest BCUT2D eigenvalue weighted by molar-refractivity contribution is -0.120. The summed E-state index contributed by atoms with van der Waals surface area (Å²) in [6.07, 6.45) is 1.97. The summed E-state index contributed by atoms with van der Waals surface area (Å²) in [5, 5.41) is 11.5. The molecular weight excluding hydrogens is 222 g/mol. The highest BCUT2D eigenvalue weighted by atomic mass is 16.4. The molecule has 0 atom stereocenters. The van der Waals surface area contributed by atoms with Crippen molar-refractivity contribution in [3.8, 4) is 0 Å². The molecule has 2 rings (SSSR count). The molecule has 1 fully saturated rings. The van der Waals surface area contributed by atoms with Gasteiger partial charge in [-0.3, -0.25) is 4.79 Å². The van der Waals surface area contributed by atoms with Crippen molar-refractivity contribution < 1.29 is 14.7 Å². The van der Waals surface area contributed by atoms with Gasteiger partial charge >= 0.3 is 5.97 Å². The van der Waals surface area contributed by atoms with E-state index in [1.807, 2.05) is 4.90 Å². The van der Waals surface area contributed by atoms with E-state index in [-0.39, 0.29) is 11.6 Å². The van der Waals surface area contributed by atoms with Gasteiger partial charge in [0.25, 0.3) is 0 Å². The molecule has 1 amide bonds. The number of nitrogens with zero attached hydrogens (tertiary/aromatic N) is 2. The first kappa shape index (κ1) is 11.4. The number of carbonyl (C=O) groups is 2. The van der Waals surface area contributed by atoms with Gasteiger partial charge in [-0.2, -0.15) is 0 Å². The van der Waals surface area contributed by atoms with Crippen LogP contribution in [0.4, 0.5) is 5.69 Å². The second kappa shape index (κ2) is 4.82. The summed E-state index contributed by atoms with van der Waals surface area (Å²) >= 11 is 0. The Labute approximate surface area is 98.3 Å². The highest BCUT2D eigenvalue weighted by Gasteiger charge is 2.14. The minimum Gasteiger partial charge on any atom is -0.477 e. The molecule has 1 aromatic heterocycles. The minimum atomic E-state index is -1.04. The van der Waals surface area contributed by atoms with Crippen molar-refractivity contribution in [3.05, 3.63) is 24.0 Å². The van der Waals surface area contributed by atoms with Crippen LogP contribution in [0, 0.1) is 0 Å². The molecule has 0 radical (unpaired) electrons. The molecule has 17 heavy (non-hydrogen) atoms. The van der Waals surface area contributed by atoms with E-state index >= 15 is 0 Å². The molecule has 2 N–H and O–H groups in total. The van der Waals surface area contributed by atoms with Crippen molar-refractivity contribution in [1.82, 2.24) is 10.3 Å². The molecule has 0 aromatic carbocycles.